The van der Waals surface area contributed by atoms with E-state index in [0.29, 0.717) is 6.54 Å². The third kappa shape index (κ3) is 3.35. The maximum absolute atomic E-state index is 12.2. The fourth-order valence-corrected chi connectivity index (χ4v) is 1.95. The Morgan fingerprint density at radius 1 is 1.58 bits per heavy atom. The molecule has 2 amide bonds. The summed E-state index contributed by atoms with van der Waals surface area (Å²) < 4.78 is 4.97. The number of nitrogens with zero attached hydrogens (tertiary/aromatic N) is 1. The smallest absolute Gasteiger partial charge is 0.287 e. The molecule has 1 aliphatic carbocycles. The number of rotatable bonds is 6. The number of carbonyl (C=O) groups is 2. The predicted octanol–water partition coefficient (Wildman–Crippen LogP) is 0.381. The summed E-state index contributed by atoms with van der Waals surface area (Å²) in [5, 5.41) is 11.6. The summed E-state index contributed by atoms with van der Waals surface area (Å²) in [6, 6.07) is 2.73. The van der Waals surface area contributed by atoms with Crippen LogP contribution in [0.3, 0.4) is 0 Å². The Morgan fingerprint density at radius 3 is 2.84 bits per heavy atom. The number of aliphatic hydroxyl groups excluding tert-OH is 1. The average Bonchev–Trinajstić information content (AvgIpc) is 3.08. The molecule has 1 heterocycles. The highest BCUT2D eigenvalue weighted by atomic mass is 16.3. The van der Waals surface area contributed by atoms with Gasteiger partial charge < -0.3 is 19.7 Å². The lowest BCUT2D eigenvalue weighted by Crippen LogP contribution is -2.48. The Bertz CT molecular complexity index is 440. The van der Waals surface area contributed by atoms with Gasteiger partial charge in [0.1, 0.15) is 6.04 Å². The van der Waals surface area contributed by atoms with Gasteiger partial charge in [0.2, 0.25) is 5.91 Å². The molecule has 2 rings (SSSR count). The van der Waals surface area contributed by atoms with Gasteiger partial charge in [-0.15, -0.1) is 0 Å². The summed E-state index contributed by atoms with van der Waals surface area (Å²) in [5.74, 6) is -0.401. The van der Waals surface area contributed by atoms with Crippen LogP contribution >= 0.6 is 0 Å². The van der Waals surface area contributed by atoms with E-state index in [4.69, 9.17) is 9.52 Å². The van der Waals surface area contributed by atoms with Crippen molar-refractivity contribution < 1.29 is 19.1 Å². The highest BCUT2D eigenvalue weighted by molar-refractivity contribution is 5.95. The van der Waals surface area contributed by atoms with Crippen LogP contribution in [0, 0.1) is 0 Å². The van der Waals surface area contributed by atoms with E-state index in [1.807, 2.05) is 0 Å². The first-order chi connectivity index (χ1) is 9.13. The van der Waals surface area contributed by atoms with Crippen LogP contribution in [-0.4, -0.2) is 47.1 Å². The zero-order valence-corrected chi connectivity index (χ0v) is 10.8. The summed E-state index contributed by atoms with van der Waals surface area (Å²) in [6.45, 7) is 1.88. The second kappa shape index (κ2) is 5.88. The van der Waals surface area contributed by atoms with Crippen molar-refractivity contribution in [1.29, 1.82) is 0 Å². The Balaban J connectivity index is 1.92. The van der Waals surface area contributed by atoms with Crippen molar-refractivity contribution in [2.24, 2.45) is 0 Å². The number of amides is 2. The Kier molecular flexibility index (Phi) is 4.21. The van der Waals surface area contributed by atoms with Crippen LogP contribution in [0.5, 0.6) is 0 Å². The quantitative estimate of drug-likeness (QED) is 0.780. The number of hydrogen-bond acceptors (Lipinski definition) is 4. The van der Waals surface area contributed by atoms with Crippen molar-refractivity contribution in [3.63, 3.8) is 0 Å². The molecule has 104 valence electrons. The lowest BCUT2D eigenvalue weighted by atomic mass is 10.2. The first-order valence-corrected chi connectivity index (χ1v) is 6.39. The van der Waals surface area contributed by atoms with Crippen molar-refractivity contribution >= 4 is 11.8 Å². The largest absolute Gasteiger partial charge is 0.459 e. The Hall–Kier alpha value is -1.82. The van der Waals surface area contributed by atoms with E-state index >= 15 is 0 Å². The standard InChI is InChI=1S/C13H18N2O4/c1-9(14-12(17)11-3-2-8-19-11)13(18)15(6-7-16)10-4-5-10/h2-3,8-10,16H,4-7H2,1H3,(H,14,17). The van der Waals surface area contributed by atoms with Gasteiger partial charge in [0.05, 0.1) is 12.9 Å². The molecule has 0 bridgehead atoms. The SMILES string of the molecule is CC(NC(=O)c1ccco1)C(=O)N(CCO)C1CC1. The second-order valence-corrected chi connectivity index (χ2v) is 4.66. The minimum atomic E-state index is -0.634. The minimum Gasteiger partial charge on any atom is -0.459 e. The van der Waals surface area contributed by atoms with Crippen LogP contribution in [0.1, 0.15) is 30.3 Å². The number of nitrogens with one attached hydrogen (secondary N) is 1. The third-order valence-corrected chi connectivity index (χ3v) is 3.07. The maximum atomic E-state index is 12.2. The molecule has 1 unspecified atom stereocenters. The molecule has 2 N–H and O–H groups in total. The van der Waals surface area contributed by atoms with Crippen LogP contribution in [0.2, 0.25) is 0 Å². The van der Waals surface area contributed by atoms with E-state index in [2.05, 4.69) is 5.32 Å². The molecule has 1 atom stereocenters. The van der Waals surface area contributed by atoms with Crippen LogP contribution in [-0.2, 0) is 4.79 Å². The molecular weight excluding hydrogens is 248 g/mol. The molecule has 1 saturated carbocycles. The van der Waals surface area contributed by atoms with Crippen LogP contribution in [0.25, 0.3) is 0 Å². The van der Waals surface area contributed by atoms with E-state index < -0.39 is 11.9 Å². The zero-order chi connectivity index (χ0) is 13.8. The van der Waals surface area contributed by atoms with E-state index in [0.717, 1.165) is 12.8 Å². The Labute approximate surface area is 111 Å². The molecule has 19 heavy (non-hydrogen) atoms. The molecule has 1 fully saturated rings. The highest BCUT2D eigenvalue weighted by Crippen LogP contribution is 2.27. The fraction of sp³-hybridized carbons (Fsp3) is 0.538. The van der Waals surface area contributed by atoms with Crippen molar-refractivity contribution in [3.8, 4) is 0 Å². The van der Waals surface area contributed by atoms with Gasteiger partial charge in [-0.2, -0.15) is 0 Å². The van der Waals surface area contributed by atoms with Crippen molar-refractivity contribution in [2.75, 3.05) is 13.2 Å². The van der Waals surface area contributed by atoms with Crippen molar-refractivity contribution in [3.05, 3.63) is 24.2 Å². The topological polar surface area (TPSA) is 82.8 Å². The van der Waals surface area contributed by atoms with Gasteiger partial charge in [-0.1, -0.05) is 0 Å². The van der Waals surface area contributed by atoms with Crippen molar-refractivity contribution in [1.82, 2.24) is 10.2 Å². The van der Waals surface area contributed by atoms with E-state index in [1.54, 1.807) is 24.0 Å². The third-order valence-electron chi connectivity index (χ3n) is 3.07. The first kappa shape index (κ1) is 13.6. The molecule has 6 nitrogen and oxygen atoms in total. The van der Waals surface area contributed by atoms with Gasteiger partial charge >= 0.3 is 0 Å². The molecule has 6 heteroatoms. The molecule has 0 saturated heterocycles. The number of hydrogen-bond donors (Lipinski definition) is 2. The maximum Gasteiger partial charge on any atom is 0.287 e. The number of aliphatic hydroxyl groups is 1. The van der Waals surface area contributed by atoms with Gasteiger partial charge in [-0.3, -0.25) is 9.59 Å². The van der Waals surface area contributed by atoms with Crippen LogP contribution in [0.4, 0.5) is 0 Å². The molecule has 0 spiro atoms. The second-order valence-electron chi connectivity index (χ2n) is 4.66. The van der Waals surface area contributed by atoms with E-state index in [1.165, 1.54) is 6.26 Å². The predicted molar refractivity (Wildman–Crippen MR) is 67.5 cm³/mol. The van der Waals surface area contributed by atoms with Gasteiger partial charge in [0.25, 0.3) is 5.91 Å². The molecular formula is C13H18N2O4. The van der Waals surface area contributed by atoms with E-state index in [-0.39, 0.29) is 24.3 Å². The van der Waals surface area contributed by atoms with Gasteiger partial charge in [0.15, 0.2) is 5.76 Å². The van der Waals surface area contributed by atoms with E-state index in [9.17, 15) is 9.59 Å². The van der Waals surface area contributed by atoms with Crippen LogP contribution < -0.4 is 5.32 Å². The number of furan rings is 1. The van der Waals surface area contributed by atoms with Gasteiger partial charge in [-0.05, 0) is 31.9 Å². The first-order valence-electron chi connectivity index (χ1n) is 6.39. The summed E-state index contributed by atoms with van der Waals surface area (Å²) in [5.41, 5.74) is 0. The monoisotopic (exact) mass is 266 g/mol. The summed E-state index contributed by atoms with van der Waals surface area (Å²) in [6.07, 6.45) is 3.33. The minimum absolute atomic E-state index is 0.0684. The van der Waals surface area contributed by atoms with Crippen LogP contribution in [0.15, 0.2) is 22.8 Å². The summed E-state index contributed by atoms with van der Waals surface area (Å²) in [4.78, 5) is 25.6. The highest BCUT2D eigenvalue weighted by Gasteiger charge is 2.34. The number of carbonyl (C=O) groups excluding carboxylic acids is 2. The Morgan fingerprint density at radius 2 is 2.32 bits per heavy atom. The molecule has 0 aliphatic heterocycles. The lowest BCUT2D eigenvalue weighted by molar-refractivity contribution is -0.133. The molecule has 1 aliphatic rings. The molecule has 1 aromatic rings. The molecule has 1 aromatic heterocycles. The lowest BCUT2D eigenvalue weighted by Gasteiger charge is -2.25. The molecule has 0 radical (unpaired) electrons. The van der Waals surface area contributed by atoms with Gasteiger partial charge in [-0.25, -0.2) is 0 Å². The average molecular weight is 266 g/mol. The molecule has 0 aromatic carbocycles. The zero-order valence-electron chi connectivity index (χ0n) is 10.8. The normalized spacial score (nSPS) is 15.9. The fourth-order valence-electron chi connectivity index (χ4n) is 1.95. The van der Waals surface area contributed by atoms with Gasteiger partial charge in [0, 0.05) is 12.6 Å². The summed E-state index contributed by atoms with van der Waals surface area (Å²) in [7, 11) is 0. The van der Waals surface area contributed by atoms with Crippen molar-refractivity contribution in [2.45, 2.75) is 31.8 Å². The summed E-state index contributed by atoms with van der Waals surface area (Å²) >= 11 is 0.